The fourth-order valence-electron chi connectivity index (χ4n) is 2.42. The Morgan fingerprint density at radius 1 is 1.47 bits per heavy atom. The van der Waals surface area contributed by atoms with E-state index in [2.05, 4.69) is 48.7 Å². The van der Waals surface area contributed by atoms with Gasteiger partial charge in [0.15, 0.2) is 0 Å². The third-order valence-corrected chi connectivity index (χ3v) is 3.45. The zero-order valence-electron chi connectivity index (χ0n) is 11.4. The lowest BCUT2D eigenvalue weighted by molar-refractivity contribution is 0.125. The smallest absolute Gasteiger partial charge is 0.0970 e. The summed E-state index contributed by atoms with van der Waals surface area (Å²) in [7, 11) is 1.86. The largest absolute Gasteiger partial charge is 0.387 e. The minimum Gasteiger partial charge on any atom is -0.387 e. The molecule has 4 heteroatoms. The first-order chi connectivity index (χ1) is 7.70. The average molecular weight is 303 g/mol. The molecule has 2 atom stereocenters. The van der Waals surface area contributed by atoms with Crippen LogP contribution in [0.3, 0.4) is 0 Å². The molecule has 1 aromatic heterocycles. The van der Waals surface area contributed by atoms with E-state index in [1.165, 1.54) is 0 Å². The van der Waals surface area contributed by atoms with Crippen molar-refractivity contribution in [2.75, 3.05) is 0 Å². The molecule has 0 aliphatic rings. The number of rotatable bonds is 4. The van der Waals surface area contributed by atoms with Crippen molar-refractivity contribution in [1.82, 2.24) is 9.78 Å². The molecule has 0 aliphatic carbocycles. The van der Waals surface area contributed by atoms with E-state index in [9.17, 15) is 5.11 Å². The highest BCUT2D eigenvalue weighted by atomic mass is 79.9. The highest BCUT2D eigenvalue weighted by molar-refractivity contribution is 9.10. The van der Waals surface area contributed by atoms with E-state index < -0.39 is 6.10 Å². The quantitative estimate of drug-likeness (QED) is 0.921. The molecule has 1 aromatic rings. The Bertz CT molecular complexity index is 348. The van der Waals surface area contributed by atoms with Gasteiger partial charge in [-0.25, -0.2) is 0 Å². The number of hydrogen-bond acceptors (Lipinski definition) is 2. The monoisotopic (exact) mass is 302 g/mol. The van der Waals surface area contributed by atoms with Gasteiger partial charge in [-0.3, -0.25) is 4.68 Å². The maximum Gasteiger partial charge on any atom is 0.0970 e. The molecule has 98 valence electrons. The number of nitrogens with zero attached hydrogens (tertiary/aromatic N) is 2. The van der Waals surface area contributed by atoms with E-state index in [4.69, 9.17) is 0 Å². The fraction of sp³-hybridized carbons (Fsp3) is 0.769. The third-order valence-electron chi connectivity index (χ3n) is 2.84. The van der Waals surface area contributed by atoms with Crippen LogP contribution < -0.4 is 0 Å². The molecule has 2 unspecified atom stereocenters. The number of aromatic nitrogens is 2. The fourth-order valence-corrected chi connectivity index (χ4v) is 3.03. The van der Waals surface area contributed by atoms with Crippen molar-refractivity contribution in [2.24, 2.45) is 18.4 Å². The van der Waals surface area contributed by atoms with Crippen LogP contribution in [-0.4, -0.2) is 14.9 Å². The molecule has 1 N–H and O–H groups in total. The Balaban J connectivity index is 2.64. The molecule has 0 spiro atoms. The maximum absolute atomic E-state index is 10.2. The predicted octanol–water partition coefficient (Wildman–Crippen LogP) is 3.68. The van der Waals surface area contributed by atoms with Crippen LogP contribution in [-0.2, 0) is 7.05 Å². The molecule has 0 aliphatic heterocycles. The Morgan fingerprint density at radius 2 is 2.06 bits per heavy atom. The molecule has 0 bridgehead atoms. The molecular weight excluding hydrogens is 280 g/mol. The van der Waals surface area contributed by atoms with Crippen molar-refractivity contribution in [3.05, 3.63) is 16.4 Å². The minimum absolute atomic E-state index is 0.308. The molecule has 0 radical (unpaired) electrons. The second-order valence-electron chi connectivity index (χ2n) is 6.12. The van der Waals surface area contributed by atoms with Crippen LogP contribution in [0.25, 0.3) is 0 Å². The minimum atomic E-state index is -0.450. The standard InChI is InChI=1S/C13H23BrN2O/c1-9(7-13(2,3)4)6-11(17)12-10(14)8-15-16(12)5/h8-9,11,17H,6-7H2,1-5H3. The summed E-state index contributed by atoms with van der Waals surface area (Å²) in [5, 5.41) is 14.4. The van der Waals surface area contributed by atoms with Crippen LogP contribution in [0.4, 0.5) is 0 Å². The van der Waals surface area contributed by atoms with Crippen molar-refractivity contribution >= 4 is 15.9 Å². The van der Waals surface area contributed by atoms with Crippen molar-refractivity contribution in [2.45, 2.75) is 46.6 Å². The van der Waals surface area contributed by atoms with Gasteiger partial charge in [0.1, 0.15) is 0 Å². The summed E-state index contributed by atoms with van der Waals surface area (Å²) in [5.74, 6) is 0.492. The van der Waals surface area contributed by atoms with Crippen LogP contribution in [0.1, 0.15) is 52.3 Å². The van der Waals surface area contributed by atoms with E-state index in [0.29, 0.717) is 11.3 Å². The number of halogens is 1. The van der Waals surface area contributed by atoms with Crippen LogP contribution in [0.15, 0.2) is 10.7 Å². The SMILES string of the molecule is CC(CC(O)c1c(Br)cnn1C)CC(C)(C)C. The lowest BCUT2D eigenvalue weighted by Gasteiger charge is -2.25. The number of hydrogen-bond donors (Lipinski definition) is 1. The van der Waals surface area contributed by atoms with Crippen molar-refractivity contribution < 1.29 is 5.11 Å². The van der Waals surface area contributed by atoms with Gasteiger partial charge in [-0.1, -0.05) is 27.7 Å². The van der Waals surface area contributed by atoms with Crippen molar-refractivity contribution in [3.8, 4) is 0 Å². The van der Waals surface area contributed by atoms with Gasteiger partial charge in [-0.05, 0) is 40.1 Å². The van der Waals surface area contributed by atoms with Crippen molar-refractivity contribution in [1.29, 1.82) is 0 Å². The first-order valence-corrected chi connectivity index (χ1v) is 6.85. The second-order valence-corrected chi connectivity index (χ2v) is 6.98. The van der Waals surface area contributed by atoms with E-state index in [1.54, 1.807) is 10.9 Å². The summed E-state index contributed by atoms with van der Waals surface area (Å²) in [6, 6.07) is 0. The Kier molecular flexibility index (Phi) is 4.78. The molecule has 0 amide bonds. The first kappa shape index (κ1) is 14.7. The van der Waals surface area contributed by atoms with Gasteiger partial charge in [0, 0.05) is 7.05 Å². The average Bonchev–Trinajstić information content (AvgIpc) is 2.42. The van der Waals surface area contributed by atoms with Gasteiger partial charge in [-0.2, -0.15) is 5.10 Å². The summed E-state index contributed by atoms with van der Waals surface area (Å²) in [6.07, 6.45) is 3.16. The van der Waals surface area contributed by atoms with Gasteiger partial charge in [-0.15, -0.1) is 0 Å². The molecule has 17 heavy (non-hydrogen) atoms. The second kappa shape index (κ2) is 5.53. The highest BCUT2D eigenvalue weighted by Gasteiger charge is 2.22. The maximum atomic E-state index is 10.2. The van der Waals surface area contributed by atoms with Crippen LogP contribution in [0.5, 0.6) is 0 Å². The number of aliphatic hydroxyl groups excluding tert-OH is 1. The molecule has 1 rings (SSSR count). The zero-order chi connectivity index (χ0) is 13.2. The number of aryl methyl sites for hydroxylation is 1. The van der Waals surface area contributed by atoms with Gasteiger partial charge < -0.3 is 5.11 Å². The first-order valence-electron chi connectivity index (χ1n) is 6.06. The zero-order valence-corrected chi connectivity index (χ0v) is 13.0. The molecule has 0 saturated heterocycles. The predicted molar refractivity (Wildman–Crippen MR) is 73.7 cm³/mol. The van der Waals surface area contributed by atoms with E-state index >= 15 is 0 Å². The lowest BCUT2D eigenvalue weighted by atomic mass is 9.83. The van der Waals surface area contributed by atoms with E-state index in [-0.39, 0.29) is 0 Å². The van der Waals surface area contributed by atoms with E-state index in [0.717, 1.165) is 23.0 Å². The highest BCUT2D eigenvalue weighted by Crippen LogP contribution is 2.32. The van der Waals surface area contributed by atoms with Crippen LogP contribution >= 0.6 is 15.9 Å². The summed E-state index contributed by atoms with van der Waals surface area (Å²) in [6.45, 7) is 8.89. The molecule has 1 heterocycles. The summed E-state index contributed by atoms with van der Waals surface area (Å²) in [4.78, 5) is 0. The molecule has 0 fully saturated rings. The topological polar surface area (TPSA) is 38.1 Å². The van der Waals surface area contributed by atoms with Crippen LogP contribution in [0.2, 0.25) is 0 Å². The molecular formula is C13H23BrN2O. The molecule has 0 saturated carbocycles. The van der Waals surface area contributed by atoms with Crippen molar-refractivity contribution in [3.63, 3.8) is 0 Å². The summed E-state index contributed by atoms with van der Waals surface area (Å²) >= 11 is 3.43. The van der Waals surface area contributed by atoms with Gasteiger partial charge in [0.25, 0.3) is 0 Å². The van der Waals surface area contributed by atoms with Gasteiger partial charge in [0.2, 0.25) is 0 Å². The van der Waals surface area contributed by atoms with Crippen LogP contribution in [0, 0.1) is 11.3 Å². The van der Waals surface area contributed by atoms with Gasteiger partial charge >= 0.3 is 0 Å². The summed E-state index contributed by atoms with van der Waals surface area (Å²) in [5.41, 5.74) is 1.17. The molecule has 0 aromatic carbocycles. The van der Waals surface area contributed by atoms with E-state index in [1.807, 2.05) is 7.05 Å². The Morgan fingerprint density at radius 3 is 2.47 bits per heavy atom. The normalized spacial score (nSPS) is 15.9. The summed E-state index contributed by atoms with van der Waals surface area (Å²) < 4.78 is 2.62. The molecule has 3 nitrogen and oxygen atoms in total. The lowest BCUT2D eigenvalue weighted by Crippen LogP contribution is -2.15. The Labute approximate surface area is 112 Å². The Hall–Kier alpha value is -0.350. The third kappa shape index (κ3) is 4.43. The number of aliphatic hydroxyl groups is 1. The van der Waals surface area contributed by atoms with Gasteiger partial charge in [0.05, 0.1) is 22.5 Å².